The minimum Gasteiger partial charge on any atom is -0.462 e. The van der Waals surface area contributed by atoms with Crippen LogP contribution in [-0.4, -0.2) is 23.3 Å². The Kier molecular flexibility index (Phi) is 6.05. The predicted molar refractivity (Wildman–Crippen MR) is 76.6 cm³/mol. The Hall–Kier alpha value is -0.830. The van der Waals surface area contributed by atoms with Crippen molar-refractivity contribution in [3.8, 4) is 0 Å². The summed E-state index contributed by atoms with van der Waals surface area (Å²) in [6, 6.07) is 0. The molecule has 0 aromatic carbocycles. The van der Waals surface area contributed by atoms with Crippen molar-refractivity contribution < 1.29 is 14.6 Å². The van der Waals surface area contributed by atoms with Crippen molar-refractivity contribution in [1.82, 2.24) is 0 Å². The summed E-state index contributed by atoms with van der Waals surface area (Å²) < 4.78 is 5.68. The molecule has 1 aliphatic carbocycles. The Morgan fingerprint density at radius 3 is 2.47 bits per heavy atom. The van der Waals surface area contributed by atoms with E-state index in [9.17, 15) is 9.90 Å². The summed E-state index contributed by atoms with van der Waals surface area (Å²) in [4.78, 5) is 12.1. The van der Waals surface area contributed by atoms with Gasteiger partial charge in [-0.25, -0.2) is 0 Å². The van der Waals surface area contributed by atoms with Gasteiger partial charge in [0.15, 0.2) is 0 Å². The predicted octanol–water partition coefficient (Wildman–Crippen LogP) is 3.17. The fourth-order valence-electron chi connectivity index (χ4n) is 2.97. The van der Waals surface area contributed by atoms with Crippen LogP contribution in [0.3, 0.4) is 0 Å². The largest absolute Gasteiger partial charge is 0.462 e. The smallest absolute Gasteiger partial charge is 0.315 e. The maximum Gasteiger partial charge on any atom is 0.315 e. The molecule has 0 radical (unpaired) electrons. The molecule has 1 rings (SSSR count). The van der Waals surface area contributed by atoms with Crippen LogP contribution in [0.4, 0.5) is 0 Å². The number of hydrogen-bond donors (Lipinski definition) is 1. The van der Waals surface area contributed by atoms with E-state index in [1.165, 1.54) is 12.5 Å². The fourth-order valence-corrected chi connectivity index (χ4v) is 2.97. The number of ether oxygens (including phenoxy) is 1. The monoisotopic (exact) mass is 268 g/mol. The van der Waals surface area contributed by atoms with Crippen LogP contribution in [-0.2, 0) is 9.53 Å². The van der Waals surface area contributed by atoms with Crippen LogP contribution in [0.2, 0.25) is 0 Å². The maximum atomic E-state index is 12.1. The van der Waals surface area contributed by atoms with Crippen molar-refractivity contribution >= 4 is 5.97 Å². The average Bonchev–Trinajstić information content (AvgIpc) is 2.28. The lowest BCUT2D eigenvalue weighted by Crippen LogP contribution is -2.38. The van der Waals surface area contributed by atoms with E-state index >= 15 is 0 Å². The molecule has 0 aliphatic heterocycles. The molecule has 0 bridgehead atoms. The van der Waals surface area contributed by atoms with Crippen molar-refractivity contribution in [2.45, 2.75) is 59.2 Å². The second-order valence-electron chi connectivity index (χ2n) is 6.30. The third-order valence-corrected chi connectivity index (χ3v) is 4.27. The first-order chi connectivity index (χ1) is 8.86. The van der Waals surface area contributed by atoms with E-state index in [0.29, 0.717) is 17.8 Å². The van der Waals surface area contributed by atoms with Gasteiger partial charge in [0.25, 0.3) is 0 Å². The Bertz CT molecular complexity index is 309. The van der Waals surface area contributed by atoms with Crippen LogP contribution in [0.1, 0.15) is 47.0 Å². The number of hydrogen-bond acceptors (Lipinski definition) is 3. The molecule has 110 valence electrons. The minimum absolute atomic E-state index is 0.0163. The molecule has 1 unspecified atom stereocenters. The molecular weight excluding hydrogens is 240 g/mol. The highest BCUT2D eigenvalue weighted by Crippen LogP contribution is 2.35. The van der Waals surface area contributed by atoms with Gasteiger partial charge in [-0.05, 0) is 37.5 Å². The van der Waals surface area contributed by atoms with E-state index in [0.717, 1.165) is 12.8 Å². The average molecular weight is 268 g/mol. The van der Waals surface area contributed by atoms with Crippen molar-refractivity contribution in [3.05, 3.63) is 12.7 Å². The first-order valence-electron chi connectivity index (χ1n) is 7.37. The van der Waals surface area contributed by atoms with Crippen LogP contribution in [0.5, 0.6) is 0 Å². The number of rotatable bonds is 5. The first kappa shape index (κ1) is 16.2. The Morgan fingerprint density at radius 2 is 2.00 bits per heavy atom. The van der Waals surface area contributed by atoms with E-state index in [4.69, 9.17) is 4.74 Å². The normalized spacial score (nSPS) is 30.7. The summed E-state index contributed by atoms with van der Waals surface area (Å²) in [5.41, 5.74) is 0. The van der Waals surface area contributed by atoms with E-state index in [1.54, 1.807) is 6.92 Å². The molecular formula is C16H28O3. The highest BCUT2D eigenvalue weighted by Gasteiger charge is 2.35. The van der Waals surface area contributed by atoms with E-state index in [1.807, 2.05) is 0 Å². The van der Waals surface area contributed by atoms with Gasteiger partial charge >= 0.3 is 5.97 Å². The summed E-state index contributed by atoms with van der Waals surface area (Å²) in [5, 5.41) is 9.57. The summed E-state index contributed by atoms with van der Waals surface area (Å²) in [6.45, 7) is 11.8. The van der Waals surface area contributed by atoms with Crippen LogP contribution >= 0.6 is 0 Å². The fraction of sp³-hybridized carbons (Fsp3) is 0.812. The molecule has 3 heteroatoms. The molecule has 0 heterocycles. The molecule has 0 aromatic rings. The highest BCUT2D eigenvalue weighted by molar-refractivity contribution is 5.75. The third kappa shape index (κ3) is 4.34. The molecule has 3 nitrogen and oxygen atoms in total. The van der Waals surface area contributed by atoms with Crippen molar-refractivity contribution in [2.75, 3.05) is 0 Å². The van der Waals surface area contributed by atoms with Gasteiger partial charge in [-0.15, -0.1) is 6.58 Å². The van der Waals surface area contributed by atoms with Crippen molar-refractivity contribution in [2.24, 2.45) is 23.7 Å². The quantitative estimate of drug-likeness (QED) is 0.615. The molecule has 1 fully saturated rings. The molecule has 1 N–H and O–H groups in total. The SMILES string of the molecule is C=CC(C(=O)O[C@H]1C[C@@H](C)CC[C@@H]1C(C)C)[C@@H](C)O. The molecule has 0 aromatic heterocycles. The number of aliphatic hydroxyl groups is 1. The van der Waals surface area contributed by atoms with Gasteiger partial charge in [-0.1, -0.05) is 33.3 Å². The molecule has 19 heavy (non-hydrogen) atoms. The topological polar surface area (TPSA) is 46.5 Å². The zero-order chi connectivity index (χ0) is 14.6. The lowest BCUT2D eigenvalue weighted by molar-refractivity contribution is -0.162. The Labute approximate surface area is 117 Å². The number of esters is 1. The van der Waals surface area contributed by atoms with E-state index < -0.39 is 12.0 Å². The number of carbonyl (C=O) groups is 1. The number of carbonyl (C=O) groups excluding carboxylic acids is 1. The third-order valence-electron chi connectivity index (χ3n) is 4.27. The highest BCUT2D eigenvalue weighted by atomic mass is 16.5. The summed E-state index contributed by atoms with van der Waals surface area (Å²) in [6.07, 6.45) is 3.96. The van der Waals surface area contributed by atoms with Gasteiger partial charge in [0.05, 0.1) is 6.10 Å². The zero-order valence-corrected chi connectivity index (χ0v) is 12.6. The second-order valence-corrected chi connectivity index (χ2v) is 6.30. The molecule has 0 saturated heterocycles. The van der Waals surface area contributed by atoms with Crippen LogP contribution < -0.4 is 0 Å². The van der Waals surface area contributed by atoms with Crippen LogP contribution in [0.15, 0.2) is 12.7 Å². The van der Waals surface area contributed by atoms with Crippen LogP contribution in [0, 0.1) is 23.7 Å². The van der Waals surface area contributed by atoms with Gasteiger partial charge in [-0.3, -0.25) is 4.79 Å². The van der Waals surface area contributed by atoms with Crippen molar-refractivity contribution in [1.29, 1.82) is 0 Å². The molecule has 0 spiro atoms. The lowest BCUT2D eigenvalue weighted by Gasteiger charge is -2.37. The van der Waals surface area contributed by atoms with E-state index in [2.05, 4.69) is 27.4 Å². The summed E-state index contributed by atoms with van der Waals surface area (Å²) >= 11 is 0. The van der Waals surface area contributed by atoms with Gasteiger partial charge in [0.1, 0.15) is 12.0 Å². The van der Waals surface area contributed by atoms with Gasteiger partial charge in [0.2, 0.25) is 0 Å². The second kappa shape index (κ2) is 7.09. The zero-order valence-electron chi connectivity index (χ0n) is 12.6. The standard InChI is InChI=1S/C16H28O3/c1-6-13(12(5)17)16(18)19-15-9-11(4)7-8-14(15)10(2)3/h6,10-15,17H,1,7-9H2,2-5H3/t11-,12+,13?,14+,15-/m0/s1. The minimum atomic E-state index is -0.747. The Morgan fingerprint density at radius 1 is 1.37 bits per heavy atom. The summed E-state index contributed by atoms with van der Waals surface area (Å²) in [7, 11) is 0. The lowest BCUT2D eigenvalue weighted by atomic mass is 9.75. The molecule has 1 aliphatic rings. The van der Waals surface area contributed by atoms with Gasteiger partial charge < -0.3 is 9.84 Å². The number of aliphatic hydroxyl groups excluding tert-OH is 1. The van der Waals surface area contributed by atoms with Gasteiger partial charge in [-0.2, -0.15) is 0 Å². The maximum absolute atomic E-state index is 12.1. The Balaban J connectivity index is 2.70. The molecule has 5 atom stereocenters. The first-order valence-corrected chi connectivity index (χ1v) is 7.37. The van der Waals surface area contributed by atoms with Crippen molar-refractivity contribution in [3.63, 3.8) is 0 Å². The molecule has 0 amide bonds. The van der Waals surface area contributed by atoms with Crippen LogP contribution in [0.25, 0.3) is 0 Å². The molecule has 1 saturated carbocycles. The van der Waals surface area contributed by atoms with Gasteiger partial charge in [0, 0.05) is 0 Å². The summed E-state index contributed by atoms with van der Waals surface area (Å²) in [5.74, 6) is 0.583. The van der Waals surface area contributed by atoms with E-state index in [-0.39, 0.29) is 12.1 Å².